The van der Waals surface area contributed by atoms with Gasteiger partial charge in [-0.25, -0.2) is 0 Å². The summed E-state index contributed by atoms with van der Waals surface area (Å²) >= 11 is 10.7. The molecule has 0 aliphatic carbocycles. The normalized spacial score (nSPS) is 14.3. The second kappa shape index (κ2) is 12.5. The maximum absolute atomic E-state index is 13.2. The van der Waals surface area contributed by atoms with Gasteiger partial charge in [0.2, 0.25) is 0 Å². The van der Waals surface area contributed by atoms with Crippen molar-refractivity contribution in [1.29, 1.82) is 0 Å². The first-order valence-electron chi connectivity index (χ1n) is 15.4. The van der Waals surface area contributed by atoms with E-state index in [1.807, 2.05) is 59.8 Å². The second-order valence-corrected chi connectivity index (χ2v) is 14.4. The summed E-state index contributed by atoms with van der Waals surface area (Å²) in [5.41, 5.74) is 8.92. The molecular formula is C36H36ClN5O2S2. The zero-order valence-corrected chi connectivity index (χ0v) is 29.1. The highest BCUT2D eigenvalue weighted by atomic mass is 35.5. The molecule has 0 unspecified atom stereocenters. The van der Waals surface area contributed by atoms with Gasteiger partial charge >= 0.3 is 0 Å². The van der Waals surface area contributed by atoms with Crippen molar-refractivity contribution in [2.24, 2.45) is 21.1 Å². The molecule has 0 atom stereocenters. The van der Waals surface area contributed by atoms with E-state index in [0.717, 1.165) is 89.8 Å². The van der Waals surface area contributed by atoms with Crippen LogP contribution in [0.15, 0.2) is 59.5 Å². The summed E-state index contributed by atoms with van der Waals surface area (Å²) in [6.45, 7) is 4.21. The number of hydrogen-bond acceptors (Lipinski definition) is 6. The first-order chi connectivity index (χ1) is 22.2. The highest BCUT2D eigenvalue weighted by Crippen LogP contribution is 2.43. The summed E-state index contributed by atoms with van der Waals surface area (Å²) in [7, 11) is 5.99. The molecule has 6 aromatic rings. The van der Waals surface area contributed by atoms with Crippen LogP contribution in [0.2, 0.25) is 5.02 Å². The van der Waals surface area contributed by atoms with E-state index >= 15 is 0 Å². The summed E-state index contributed by atoms with van der Waals surface area (Å²) < 4.78 is 12.5. The molecule has 0 fully saturated rings. The Hall–Kier alpha value is -3.66. The lowest BCUT2D eigenvalue weighted by molar-refractivity contribution is 0.100. The Labute approximate surface area is 282 Å². The molecule has 1 aliphatic heterocycles. The fraction of sp³-hybridized carbons (Fsp3) is 0.306. The van der Waals surface area contributed by atoms with E-state index in [4.69, 9.17) is 26.5 Å². The number of carbonyl (C=O) groups is 1. The number of ether oxygens (including phenoxy) is 1. The number of halogens is 1. The third-order valence-electron chi connectivity index (χ3n) is 8.86. The quantitative estimate of drug-likeness (QED) is 0.163. The zero-order valence-electron chi connectivity index (χ0n) is 26.7. The largest absolute Gasteiger partial charge is 0.493 e. The predicted octanol–water partition coefficient (Wildman–Crippen LogP) is 8.68. The van der Waals surface area contributed by atoms with E-state index in [-0.39, 0.29) is 5.78 Å². The van der Waals surface area contributed by atoms with Crippen LogP contribution in [-0.2, 0) is 44.8 Å². The maximum Gasteiger partial charge on any atom is 0.176 e. The van der Waals surface area contributed by atoms with Gasteiger partial charge in [-0.3, -0.25) is 14.2 Å². The Morgan fingerprint density at radius 3 is 2.59 bits per heavy atom. The van der Waals surface area contributed by atoms with Crippen LogP contribution in [0.1, 0.15) is 52.2 Å². The van der Waals surface area contributed by atoms with E-state index < -0.39 is 0 Å². The van der Waals surface area contributed by atoms with Gasteiger partial charge in [0.1, 0.15) is 5.75 Å². The standard InChI is InChI=1S/C36H36ClN5O2S2/c1-21-33-31(42(5)38-21)20-45-18-24-16-25(41(4)39-24)19-46-26-15-23-9-6-7-10-27(23)32(17-26)44-14-8-11-28-29-12-13-30(37)34(33)36(29)40(3)35(28)22(2)43/h6-7,9-10,12-13,15-17H,8,11,14,18-20H2,1-5H3. The number of thioether (sulfide) groups is 2. The average molecular weight is 670 g/mol. The van der Waals surface area contributed by atoms with Crippen molar-refractivity contribution in [3.05, 3.63) is 93.7 Å². The van der Waals surface area contributed by atoms with Crippen LogP contribution >= 0.6 is 35.1 Å². The molecule has 0 amide bonds. The summed E-state index contributed by atoms with van der Waals surface area (Å²) in [6.07, 6.45) is 1.46. The van der Waals surface area contributed by atoms with E-state index in [0.29, 0.717) is 23.7 Å². The number of aromatic nitrogens is 5. The van der Waals surface area contributed by atoms with Crippen molar-refractivity contribution in [1.82, 2.24) is 24.1 Å². The predicted molar refractivity (Wildman–Crippen MR) is 190 cm³/mol. The number of rotatable bonds is 1. The van der Waals surface area contributed by atoms with E-state index in [1.54, 1.807) is 18.7 Å². The lowest BCUT2D eigenvalue weighted by atomic mass is 9.98. The van der Waals surface area contributed by atoms with Gasteiger partial charge < -0.3 is 9.30 Å². The Bertz CT molecular complexity index is 2140. The number of nitrogens with zero attached hydrogens (tertiary/aromatic N) is 5. The van der Waals surface area contributed by atoms with Crippen LogP contribution in [0.3, 0.4) is 0 Å². The van der Waals surface area contributed by atoms with Crippen LogP contribution in [0, 0.1) is 6.92 Å². The van der Waals surface area contributed by atoms with Crippen molar-refractivity contribution in [3.63, 3.8) is 0 Å². The van der Waals surface area contributed by atoms with Crippen molar-refractivity contribution in [2.45, 2.75) is 48.8 Å². The lowest BCUT2D eigenvalue weighted by Crippen LogP contribution is -2.07. The number of fused-ring (bicyclic) bond motifs is 8. The Balaban J connectivity index is 1.36. The van der Waals surface area contributed by atoms with Gasteiger partial charge in [0.05, 0.1) is 39.9 Å². The first-order valence-corrected chi connectivity index (χ1v) is 17.9. The summed E-state index contributed by atoms with van der Waals surface area (Å²) in [6, 6.07) is 19.0. The van der Waals surface area contributed by atoms with Gasteiger partial charge in [0.15, 0.2) is 5.78 Å². The van der Waals surface area contributed by atoms with Crippen LogP contribution < -0.4 is 4.74 Å². The fourth-order valence-corrected chi connectivity index (χ4v) is 9.02. The number of Topliss-reactive ketones (excluding diaryl/α,β-unsaturated/α-hetero) is 1. The molecule has 0 spiro atoms. The minimum Gasteiger partial charge on any atom is -0.493 e. The van der Waals surface area contributed by atoms with Crippen molar-refractivity contribution in [2.75, 3.05) is 6.61 Å². The summed E-state index contributed by atoms with van der Waals surface area (Å²) in [5, 5.41) is 13.6. The molecule has 10 heteroatoms. The molecule has 0 saturated heterocycles. The SMILES string of the molecule is CC(=O)c1c2c3ccc(Cl)c(c3n1C)-c1c(C)nn(C)c1CSCc1cc(n(C)n1)CSc1cc(c3ccccc3c1)OCCC2. The van der Waals surface area contributed by atoms with Crippen LogP contribution in [0.5, 0.6) is 5.75 Å². The van der Waals surface area contributed by atoms with Crippen LogP contribution in [-0.4, -0.2) is 36.5 Å². The van der Waals surface area contributed by atoms with Crippen LogP contribution in [0.25, 0.3) is 32.8 Å². The minimum atomic E-state index is 0.0373. The van der Waals surface area contributed by atoms with Crippen molar-refractivity contribution in [3.8, 4) is 16.9 Å². The monoisotopic (exact) mass is 669 g/mol. The number of carbonyl (C=O) groups excluding carboxylic acids is 1. The average Bonchev–Trinajstić information content (AvgIpc) is 3.62. The Kier molecular flexibility index (Phi) is 8.42. The highest BCUT2D eigenvalue weighted by Gasteiger charge is 2.26. The number of aryl methyl sites for hydroxylation is 5. The van der Waals surface area contributed by atoms with Gasteiger partial charge in [-0.1, -0.05) is 41.9 Å². The molecular weight excluding hydrogens is 634 g/mol. The van der Waals surface area contributed by atoms with Gasteiger partial charge in [-0.2, -0.15) is 10.2 Å². The maximum atomic E-state index is 13.2. The number of hydrogen-bond donors (Lipinski definition) is 0. The topological polar surface area (TPSA) is 66.9 Å². The van der Waals surface area contributed by atoms with Gasteiger partial charge in [0, 0.05) is 77.8 Å². The van der Waals surface area contributed by atoms with Gasteiger partial charge in [0.25, 0.3) is 0 Å². The van der Waals surface area contributed by atoms with E-state index in [2.05, 4.69) is 48.5 Å². The van der Waals surface area contributed by atoms with Crippen molar-refractivity contribution >= 4 is 62.6 Å². The molecule has 7 nitrogen and oxygen atoms in total. The lowest BCUT2D eigenvalue weighted by Gasteiger charge is -2.13. The molecule has 0 saturated carbocycles. The molecule has 236 valence electrons. The summed E-state index contributed by atoms with van der Waals surface area (Å²) in [4.78, 5) is 14.3. The van der Waals surface area contributed by atoms with Gasteiger partial charge in [-0.05, 0) is 55.0 Å². The molecule has 1 aliphatic rings. The molecule has 7 rings (SSSR count). The molecule has 4 heterocycles. The second-order valence-electron chi connectivity index (χ2n) is 11.9. The molecule has 0 N–H and O–H groups in total. The zero-order chi connectivity index (χ0) is 32.1. The Morgan fingerprint density at radius 1 is 0.935 bits per heavy atom. The molecule has 8 bridgehead atoms. The molecule has 0 radical (unpaired) electrons. The van der Waals surface area contributed by atoms with E-state index in [1.165, 1.54) is 5.69 Å². The molecule has 3 aromatic heterocycles. The van der Waals surface area contributed by atoms with Gasteiger partial charge in [-0.15, -0.1) is 23.5 Å². The summed E-state index contributed by atoms with van der Waals surface area (Å²) in [5.74, 6) is 3.25. The highest BCUT2D eigenvalue weighted by molar-refractivity contribution is 7.98. The van der Waals surface area contributed by atoms with Crippen LogP contribution in [0.4, 0.5) is 0 Å². The Morgan fingerprint density at radius 2 is 1.76 bits per heavy atom. The number of ketones is 1. The number of benzene rings is 3. The van der Waals surface area contributed by atoms with Crippen molar-refractivity contribution < 1.29 is 9.53 Å². The smallest absolute Gasteiger partial charge is 0.176 e. The molecule has 3 aromatic carbocycles. The third kappa shape index (κ3) is 5.52. The minimum absolute atomic E-state index is 0.0373. The first kappa shape index (κ1) is 31.0. The third-order valence-corrected chi connectivity index (χ3v) is 11.2. The fourth-order valence-electron chi connectivity index (χ4n) is 6.81. The molecule has 46 heavy (non-hydrogen) atoms. The van der Waals surface area contributed by atoms with E-state index in [9.17, 15) is 4.79 Å².